The van der Waals surface area contributed by atoms with Crippen molar-refractivity contribution in [2.45, 2.75) is 63.7 Å². The Morgan fingerprint density at radius 2 is 1.90 bits per heavy atom. The minimum absolute atomic E-state index is 0.268. The van der Waals surface area contributed by atoms with Crippen LogP contribution in [0.25, 0.3) is 0 Å². The molecule has 10 nitrogen and oxygen atoms in total. The summed E-state index contributed by atoms with van der Waals surface area (Å²) in [6, 6.07) is -3.94. The van der Waals surface area contributed by atoms with Crippen molar-refractivity contribution in [2.24, 2.45) is 11.7 Å². The van der Waals surface area contributed by atoms with Gasteiger partial charge in [-0.25, -0.2) is 4.79 Å². The molecule has 30 heavy (non-hydrogen) atoms. The van der Waals surface area contributed by atoms with Gasteiger partial charge in [-0.3, -0.25) is 14.4 Å². The lowest BCUT2D eigenvalue weighted by molar-refractivity contribution is -0.150. The fraction of sp³-hybridized carbons (Fsp3) is 0.789. The molecule has 5 atom stereocenters. The molecule has 5 unspecified atom stereocenters. The predicted molar refractivity (Wildman–Crippen MR) is 114 cm³/mol. The van der Waals surface area contributed by atoms with E-state index in [1.54, 1.807) is 6.92 Å². The van der Waals surface area contributed by atoms with Crippen molar-refractivity contribution in [3.63, 3.8) is 0 Å². The summed E-state index contributed by atoms with van der Waals surface area (Å²) in [5.41, 5.74) is 5.80. The molecule has 0 aromatic carbocycles. The fourth-order valence-corrected chi connectivity index (χ4v) is 3.74. The van der Waals surface area contributed by atoms with E-state index >= 15 is 0 Å². The highest BCUT2D eigenvalue weighted by atomic mass is 32.2. The summed E-state index contributed by atoms with van der Waals surface area (Å²) in [6.45, 7) is 3.28. The quantitative estimate of drug-likeness (QED) is 0.259. The summed E-state index contributed by atoms with van der Waals surface area (Å²) in [7, 11) is 0. The van der Waals surface area contributed by atoms with Gasteiger partial charge in [0.15, 0.2) is 0 Å². The van der Waals surface area contributed by atoms with Gasteiger partial charge in [0.2, 0.25) is 17.7 Å². The number of aliphatic hydroxyl groups is 1. The Labute approximate surface area is 181 Å². The second kappa shape index (κ2) is 12.8. The number of hydrogen-bond acceptors (Lipinski definition) is 7. The SMILES string of the molecule is CCC(C)C(NC(=O)C(CO)NC(=O)C(N)CCSC)C(=O)N1CCCC1C(=O)O. The molecule has 1 aliphatic heterocycles. The minimum atomic E-state index is -1.26. The van der Waals surface area contributed by atoms with Crippen LogP contribution in [0.3, 0.4) is 0 Å². The van der Waals surface area contributed by atoms with Crippen molar-refractivity contribution in [1.82, 2.24) is 15.5 Å². The van der Waals surface area contributed by atoms with Crippen molar-refractivity contribution in [3.05, 3.63) is 0 Å². The van der Waals surface area contributed by atoms with Crippen LogP contribution in [-0.4, -0.2) is 88.1 Å². The number of nitrogens with two attached hydrogens (primary N) is 1. The highest BCUT2D eigenvalue weighted by Gasteiger charge is 2.39. The molecule has 1 aliphatic rings. The number of thioether (sulfide) groups is 1. The van der Waals surface area contributed by atoms with Crippen molar-refractivity contribution in [2.75, 3.05) is 25.2 Å². The van der Waals surface area contributed by atoms with Crippen molar-refractivity contribution < 1.29 is 29.4 Å². The lowest BCUT2D eigenvalue weighted by Gasteiger charge is -2.31. The molecule has 0 bridgehead atoms. The molecular weight excluding hydrogens is 412 g/mol. The van der Waals surface area contributed by atoms with E-state index < -0.39 is 54.5 Å². The Morgan fingerprint density at radius 3 is 2.43 bits per heavy atom. The second-order valence-electron chi connectivity index (χ2n) is 7.53. The van der Waals surface area contributed by atoms with E-state index in [0.717, 1.165) is 0 Å². The van der Waals surface area contributed by atoms with E-state index in [2.05, 4.69) is 10.6 Å². The van der Waals surface area contributed by atoms with E-state index in [-0.39, 0.29) is 5.92 Å². The number of rotatable bonds is 12. The topological polar surface area (TPSA) is 162 Å². The van der Waals surface area contributed by atoms with Crippen molar-refractivity contribution >= 4 is 35.5 Å². The largest absolute Gasteiger partial charge is 0.480 e. The van der Waals surface area contributed by atoms with Gasteiger partial charge in [0, 0.05) is 6.54 Å². The number of amides is 3. The average molecular weight is 447 g/mol. The van der Waals surface area contributed by atoms with Gasteiger partial charge in [0.05, 0.1) is 12.6 Å². The van der Waals surface area contributed by atoms with Crippen LogP contribution in [0.15, 0.2) is 0 Å². The van der Waals surface area contributed by atoms with Gasteiger partial charge in [-0.1, -0.05) is 20.3 Å². The summed E-state index contributed by atoms with van der Waals surface area (Å²) in [5.74, 6) is -2.41. The first-order valence-corrected chi connectivity index (χ1v) is 11.6. The summed E-state index contributed by atoms with van der Waals surface area (Å²) in [5, 5.41) is 24.0. The molecule has 0 spiro atoms. The predicted octanol–water partition coefficient (Wildman–Crippen LogP) is -0.850. The second-order valence-corrected chi connectivity index (χ2v) is 8.52. The van der Waals surface area contributed by atoms with Crippen LogP contribution in [0.4, 0.5) is 0 Å². The summed E-state index contributed by atoms with van der Waals surface area (Å²) < 4.78 is 0. The molecule has 1 saturated heterocycles. The number of nitrogens with one attached hydrogen (secondary N) is 2. The Balaban J connectivity index is 2.87. The lowest BCUT2D eigenvalue weighted by atomic mass is 9.97. The number of aliphatic hydroxyl groups excluding tert-OH is 1. The van der Waals surface area contributed by atoms with Gasteiger partial charge in [-0.2, -0.15) is 11.8 Å². The Kier molecular flexibility index (Phi) is 11.1. The molecule has 1 heterocycles. The zero-order valence-electron chi connectivity index (χ0n) is 17.8. The van der Waals surface area contributed by atoms with Crippen LogP contribution in [0, 0.1) is 5.92 Å². The molecule has 0 saturated carbocycles. The molecule has 1 rings (SSSR count). The van der Waals surface area contributed by atoms with Crippen LogP contribution in [0.2, 0.25) is 0 Å². The monoisotopic (exact) mass is 446 g/mol. The third kappa shape index (κ3) is 7.13. The Hall–Kier alpha value is -1.85. The zero-order chi connectivity index (χ0) is 22.8. The standard InChI is InChI=1S/C19H34N4O6S/c1-4-11(2)15(18(27)23-8-5-6-14(23)19(28)29)22-17(26)13(10-24)21-16(25)12(20)7-9-30-3/h11-15,24H,4-10,20H2,1-3H3,(H,21,25)(H,22,26)(H,28,29). The molecule has 3 amide bonds. The summed E-state index contributed by atoms with van der Waals surface area (Å²) in [6.07, 6.45) is 3.82. The molecule has 11 heteroatoms. The molecule has 1 fully saturated rings. The number of likely N-dealkylation sites (tertiary alicyclic amines) is 1. The maximum atomic E-state index is 13.0. The minimum Gasteiger partial charge on any atom is -0.480 e. The van der Waals surface area contributed by atoms with E-state index in [9.17, 15) is 29.4 Å². The Morgan fingerprint density at radius 1 is 1.23 bits per heavy atom. The van der Waals surface area contributed by atoms with E-state index in [4.69, 9.17) is 5.73 Å². The van der Waals surface area contributed by atoms with E-state index in [1.165, 1.54) is 16.7 Å². The van der Waals surface area contributed by atoms with Crippen molar-refractivity contribution in [3.8, 4) is 0 Å². The van der Waals surface area contributed by atoms with Gasteiger partial charge in [-0.05, 0) is 37.2 Å². The van der Waals surface area contributed by atoms with Gasteiger partial charge < -0.3 is 31.5 Å². The first-order chi connectivity index (χ1) is 14.2. The van der Waals surface area contributed by atoms with Crippen LogP contribution >= 0.6 is 11.8 Å². The number of nitrogens with zero attached hydrogens (tertiary/aromatic N) is 1. The highest BCUT2D eigenvalue weighted by Crippen LogP contribution is 2.21. The van der Waals surface area contributed by atoms with Gasteiger partial charge in [0.25, 0.3) is 0 Å². The van der Waals surface area contributed by atoms with Crippen LogP contribution in [0.5, 0.6) is 0 Å². The number of carbonyl (C=O) groups excluding carboxylic acids is 3. The van der Waals surface area contributed by atoms with Crippen LogP contribution in [-0.2, 0) is 19.2 Å². The van der Waals surface area contributed by atoms with E-state index in [0.29, 0.717) is 38.0 Å². The third-order valence-electron chi connectivity index (χ3n) is 5.38. The molecule has 0 aromatic heterocycles. The highest BCUT2D eigenvalue weighted by molar-refractivity contribution is 7.98. The lowest BCUT2D eigenvalue weighted by Crippen LogP contribution is -2.59. The average Bonchev–Trinajstić information content (AvgIpc) is 3.22. The first kappa shape index (κ1) is 26.2. The Bertz CT molecular complexity index is 620. The van der Waals surface area contributed by atoms with Crippen LogP contribution < -0.4 is 16.4 Å². The normalized spacial score (nSPS) is 20.2. The molecular formula is C19H34N4O6S. The number of aliphatic carboxylic acids is 1. The van der Waals surface area contributed by atoms with Gasteiger partial charge in [-0.15, -0.1) is 0 Å². The molecule has 0 aliphatic carbocycles. The maximum absolute atomic E-state index is 13.0. The third-order valence-corrected chi connectivity index (χ3v) is 6.03. The molecule has 0 radical (unpaired) electrons. The van der Waals surface area contributed by atoms with Crippen LogP contribution in [0.1, 0.15) is 39.5 Å². The van der Waals surface area contributed by atoms with Gasteiger partial charge in [0.1, 0.15) is 18.1 Å². The number of hydrogen-bond donors (Lipinski definition) is 5. The first-order valence-electron chi connectivity index (χ1n) is 10.2. The molecule has 172 valence electrons. The summed E-state index contributed by atoms with van der Waals surface area (Å²) >= 11 is 1.54. The number of carboxylic acid groups (broad SMARTS) is 1. The number of carboxylic acids is 1. The maximum Gasteiger partial charge on any atom is 0.326 e. The number of carbonyl (C=O) groups is 4. The summed E-state index contributed by atoms with van der Waals surface area (Å²) in [4.78, 5) is 50.6. The molecule has 0 aromatic rings. The van der Waals surface area contributed by atoms with Gasteiger partial charge >= 0.3 is 5.97 Å². The smallest absolute Gasteiger partial charge is 0.326 e. The van der Waals surface area contributed by atoms with E-state index in [1.807, 2.05) is 13.2 Å². The molecule has 6 N–H and O–H groups in total. The fourth-order valence-electron chi connectivity index (χ4n) is 3.25. The zero-order valence-corrected chi connectivity index (χ0v) is 18.6. The van der Waals surface area contributed by atoms with Crippen molar-refractivity contribution in [1.29, 1.82) is 0 Å².